The van der Waals surface area contributed by atoms with Crippen LogP contribution in [0.15, 0.2) is 48.8 Å². The minimum Gasteiger partial charge on any atom is -0.345 e. The van der Waals surface area contributed by atoms with E-state index in [-0.39, 0.29) is 42.1 Å². The van der Waals surface area contributed by atoms with Crippen LogP contribution < -0.4 is 10.6 Å². The molecule has 54 heavy (non-hydrogen) atoms. The Balaban J connectivity index is 1.41. The number of nitrogens with zero attached hydrogens (tertiary/aromatic N) is 6. The van der Waals surface area contributed by atoms with Crippen molar-refractivity contribution in [3.8, 4) is 11.1 Å². The van der Waals surface area contributed by atoms with Crippen molar-refractivity contribution in [1.82, 2.24) is 34.9 Å². The van der Waals surface area contributed by atoms with Crippen molar-refractivity contribution in [2.45, 2.75) is 85.0 Å². The number of ketones is 1. The zero-order valence-corrected chi connectivity index (χ0v) is 30.9. The lowest BCUT2D eigenvalue weighted by Crippen LogP contribution is -2.48. The molecular formula is C39H43F3N8O4. The van der Waals surface area contributed by atoms with E-state index in [2.05, 4.69) is 30.7 Å². The predicted octanol–water partition coefficient (Wildman–Crippen LogP) is 6.01. The lowest BCUT2D eigenvalue weighted by molar-refractivity contribution is -0.141. The fourth-order valence-corrected chi connectivity index (χ4v) is 7.04. The Hall–Kier alpha value is -5.47. The molecule has 1 aliphatic heterocycles. The Bertz CT molecular complexity index is 2140. The van der Waals surface area contributed by atoms with Crippen molar-refractivity contribution in [2.75, 3.05) is 18.9 Å². The number of nitrogens with one attached hydrogen (secondary N) is 2. The van der Waals surface area contributed by atoms with Gasteiger partial charge in [-0.25, -0.2) is 15.0 Å². The first-order valence-electron chi connectivity index (χ1n) is 17.9. The van der Waals surface area contributed by atoms with Crippen molar-refractivity contribution in [3.05, 3.63) is 77.2 Å². The zero-order valence-electron chi connectivity index (χ0n) is 30.9. The van der Waals surface area contributed by atoms with Gasteiger partial charge in [0.15, 0.2) is 5.78 Å². The second-order valence-electron chi connectivity index (χ2n) is 14.6. The molecule has 284 valence electrons. The fourth-order valence-electron chi connectivity index (χ4n) is 7.04. The molecule has 0 bridgehead atoms. The van der Waals surface area contributed by atoms with Gasteiger partial charge in [0, 0.05) is 49.8 Å². The molecule has 1 saturated carbocycles. The number of rotatable bonds is 4. The van der Waals surface area contributed by atoms with Crippen molar-refractivity contribution < 1.29 is 32.3 Å². The van der Waals surface area contributed by atoms with Gasteiger partial charge >= 0.3 is 6.18 Å². The van der Waals surface area contributed by atoms with E-state index in [4.69, 9.17) is 0 Å². The van der Waals surface area contributed by atoms with Gasteiger partial charge < -0.3 is 15.5 Å². The third kappa shape index (κ3) is 8.50. The van der Waals surface area contributed by atoms with E-state index in [1.807, 2.05) is 31.2 Å². The number of aryl methyl sites for hydroxylation is 2. The van der Waals surface area contributed by atoms with Crippen LogP contribution in [-0.2, 0) is 33.5 Å². The molecule has 15 heteroatoms. The lowest BCUT2D eigenvalue weighted by atomic mass is 9.94. The summed E-state index contributed by atoms with van der Waals surface area (Å²) in [7, 11) is 1.72. The number of aromatic nitrogens is 5. The molecule has 4 aromatic rings. The van der Waals surface area contributed by atoms with E-state index in [1.54, 1.807) is 31.3 Å². The van der Waals surface area contributed by atoms with Crippen molar-refractivity contribution in [2.24, 2.45) is 11.3 Å². The molecule has 1 aromatic carbocycles. The highest BCUT2D eigenvalue weighted by atomic mass is 19.4. The first-order valence-corrected chi connectivity index (χ1v) is 17.9. The molecule has 4 heterocycles. The normalized spacial score (nSPS) is 20.3. The molecule has 0 unspecified atom stereocenters. The summed E-state index contributed by atoms with van der Waals surface area (Å²) in [6.07, 6.45) is 5.84. The molecule has 6 rings (SSSR count). The fraction of sp³-hybridized carbons (Fsp3) is 0.436. The van der Waals surface area contributed by atoms with Crippen molar-refractivity contribution >= 4 is 40.2 Å². The van der Waals surface area contributed by atoms with Crippen LogP contribution in [-0.4, -0.2) is 72.8 Å². The number of anilines is 1. The summed E-state index contributed by atoms with van der Waals surface area (Å²) in [5.74, 6) is -1.64. The minimum atomic E-state index is -4.73. The number of hydrogen-bond donors (Lipinski definition) is 2. The molecule has 1 aliphatic carbocycles. The first-order chi connectivity index (χ1) is 25.5. The number of pyridine rings is 1. The monoisotopic (exact) mass is 744 g/mol. The van der Waals surface area contributed by atoms with Gasteiger partial charge in [-0.05, 0) is 92.7 Å². The number of Topliss-reactive ketones (excluding diaryl/α,β-unsaturated/α-hetero) is 1. The van der Waals surface area contributed by atoms with Crippen LogP contribution in [0.3, 0.4) is 0 Å². The molecule has 1 spiro atoms. The number of allylic oxidation sites excluding steroid dienone is 2. The summed E-state index contributed by atoms with van der Waals surface area (Å²) in [4.78, 5) is 68.2. The van der Waals surface area contributed by atoms with Gasteiger partial charge in [0.2, 0.25) is 17.7 Å². The molecule has 0 radical (unpaired) electrons. The second kappa shape index (κ2) is 15.1. The molecule has 2 atom stereocenters. The van der Waals surface area contributed by atoms with Crippen LogP contribution in [0.5, 0.6) is 0 Å². The van der Waals surface area contributed by atoms with Gasteiger partial charge in [-0.15, -0.1) is 0 Å². The Morgan fingerprint density at radius 1 is 1.04 bits per heavy atom. The van der Waals surface area contributed by atoms with Crippen molar-refractivity contribution in [3.63, 3.8) is 0 Å². The maximum absolute atomic E-state index is 13.9. The maximum Gasteiger partial charge on any atom is 0.433 e. The number of carbonyl (C=O) groups is 4. The summed E-state index contributed by atoms with van der Waals surface area (Å²) in [6.45, 7) is 6.56. The molecular weight excluding hydrogens is 701 g/mol. The van der Waals surface area contributed by atoms with Gasteiger partial charge in [0.05, 0.1) is 5.52 Å². The van der Waals surface area contributed by atoms with Gasteiger partial charge in [-0.1, -0.05) is 25.1 Å². The van der Waals surface area contributed by atoms with Gasteiger partial charge in [0.25, 0.3) is 0 Å². The largest absolute Gasteiger partial charge is 0.433 e. The maximum atomic E-state index is 13.9. The van der Waals surface area contributed by atoms with E-state index in [0.29, 0.717) is 60.9 Å². The third-order valence-electron chi connectivity index (χ3n) is 10.2. The van der Waals surface area contributed by atoms with E-state index in [1.165, 1.54) is 24.6 Å². The predicted molar refractivity (Wildman–Crippen MR) is 195 cm³/mol. The Labute approximate surface area is 310 Å². The van der Waals surface area contributed by atoms with Crippen LogP contribution in [0.25, 0.3) is 22.0 Å². The highest BCUT2D eigenvalue weighted by molar-refractivity contribution is 6.07. The summed E-state index contributed by atoms with van der Waals surface area (Å²) < 4.78 is 42.1. The van der Waals surface area contributed by atoms with E-state index >= 15 is 0 Å². The SMILES string of the molecule is CC(=O)c1nn2c3c(cc(-c4cnc(C)nc4)cc13)C/C=C/CC[C@H](C)C(=O)N(C)CC1(CC1)C[C@@H](C(=O)Nc1nc(C(F)(F)F)ccc1C)NC(=O)C2. The molecule has 2 aliphatic rings. The van der Waals surface area contributed by atoms with Crippen LogP contribution in [0, 0.1) is 25.2 Å². The minimum absolute atomic E-state index is 0.0417. The Morgan fingerprint density at radius 2 is 1.76 bits per heavy atom. The number of benzene rings is 1. The van der Waals surface area contributed by atoms with Crippen LogP contribution in [0.4, 0.5) is 19.0 Å². The standard InChI is InChI=1S/C39H43F3N8O4/c1-22-11-12-31(39(40,41)42)46-35(22)47-36(53)30-17-38(13-14-38)21-49(5)37(54)23(2)9-7-6-8-10-26-15-27(28-18-43-25(4)44-19-28)16-29-33(24(3)51)48-50(34(26)29)20-32(52)45-30/h6,8,11-12,15-16,18-19,23,30H,7,9-10,13-14,17,20-21H2,1-5H3,(H,45,52)(H,46,47,53)/b8-6+/t23-,30-/m0/s1. The third-order valence-corrected chi connectivity index (χ3v) is 10.2. The highest BCUT2D eigenvalue weighted by Crippen LogP contribution is 2.50. The highest BCUT2D eigenvalue weighted by Gasteiger charge is 2.47. The molecule has 12 nitrogen and oxygen atoms in total. The number of amides is 3. The number of halogens is 3. The van der Waals surface area contributed by atoms with Gasteiger partial charge in [-0.3, -0.25) is 23.9 Å². The quantitative estimate of drug-likeness (QED) is 0.191. The molecule has 2 N–H and O–H groups in total. The van der Waals surface area contributed by atoms with Crippen molar-refractivity contribution in [1.29, 1.82) is 0 Å². The first kappa shape index (κ1) is 38.3. The van der Waals surface area contributed by atoms with Gasteiger partial charge in [0.1, 0.15) is 35.6 Å². The summed E-state index contributed by atoms with van der Waals surface area (Å²) in [6, 6.07) is 4.62. The zero-order chi connectivity index (χ0) is 38.9. The smallest absolute Gasteiger partial charge is 0.345 e. The summed E-state index contributed by atoms with van der Waals surface area (Å²) >= 11 is 0. The van der Waals surface area contributed by atoms with E-state index in [9.17, 15) is 32.3 Å². The number of carbonyl (C=O) groups excluding carboxylic acids is 4. The van der Waals surface area contributed by atoms with Crippen LogP contribution in [0.1, 0.15) is 79.1 Å². The topological polar surface area (TPSA) is 152 Å². The molecule has 3 aromatic heterocycles. The van der Waals surface area contributed by atoms with E-state index < -0.39 is 35.1 Å². The van der Waals surface area contributed by atoms with E-state index in [0.717, 1.165) is 22.8 Å². The van der Waals surface area contributed by atoms with Crippen LogP contribution >= 0.6 is 0 Å². The van der Waals surface area contributed by atoms with Gasteiger partial charge in [-0.2, -0.15) is 18.3 Å². The van der Waals surface area contributed by atoms with Crippen LogP contribution in [0.2, 0.25) is 0 Å². The lowest BCUT2D eigenvalue weighted by Gasteiger charge is -2.29. The summed E-state index contributed by atoms with van der Waals surface area (Å²) in [5.41, 5.74) is 1.63. The summed E-state index contributed by atoms with van der Waals surface area (Å²) in [5, 5.41) is 10.5. The average molecular weight is 745 g/mol. The molecule has 1 fully saturated rings. The molecule has 0 saturated heterocycles. The molecule has 3 amide bonds. The average Bonchev–Trinajstić information content (AvgIpc) is 3.76. The Kier molecular flexibility index (Phi) is 10.7. The number of hydrogen-bond acceptors (Lipinski definition) is 8. The Morgan fingerprint density at radius 3 is 2.43 bits per heavy atom. The second-order valence-corrected chi connectivity index (χ2v) is 14.6. The number of alkyl halides is 3.